The van der Waals surface area contributed by atoms with E-state index in [4.69, 9.17) is 0 Å². The lowest BCUT2D eigenvalue weighted by molar-refractivity contribution is -0.120. The minimum absolute atomic E-state index is 0.0407. The zero-order valence-corrected chi connectivity index (χ0v) is 11.9. The highest BCUT2D eigenvalue weighted by Gasteiger charge is 2.24. The zero-order valence-electron chi connectivity index (χ0n) is 11.1. The van der Waals surface area contributed by atoms with Gasteiger partial charge in [-0.3, -0.25) is 4.79 Å². The number of nitrogens with one attached hydrogen (secondary N) is 2. The lowest BCUT2D eigenvalue weighted by Crippen LogP contribution is -2.47. The monoisotopic (exact) mass is 277 g/mol. The minimum atomic E-state index is -3.28. The van der Waals surface area contributed by atoms with E-state index in [0.717, 1.165) is 0 Å². The van der Waals surface area contributed by atoms with E-state index in [0.29, 0.717) is 38.6 Å². The third-order valence-corrected chi connectivity index (χ3v) is 4.64. The van der Waals surface area contributed by atoms with Crippen molar-refractivity contribution >= 4 is 15.9 Å². The molecule has 1 saturated heterocycles. The number of piperazine rings is 1. The fourth-order valence-electron chi connectivity index (χ4n) is 1.68. The van der Waals surface area contributed by atoms with Crippen molar-refractivity contribution in [1.29, 1.82) is 0 Å². The topological polar surface area (TPSA) is 78.5 Å². The molecule has 1 fully saturated rings. The molecule has 0 saturated carbocycles. The first-order valence-corrected chi connectivity index (χ1v) is 7.98. The number of amides is 1. The Labute approximate surface area is 109 Å². The third kappa shape index (κ3) is 5.32. The lowest BCUT2D eigenvalue weighted by atomic mass is 10.2. The molecule has 0 aromatic heterocycles. The molecule has 0 aliphatic carbocycles. The normalized spacial score (nSPS) is 17.9. The number of carbonyl (C=O) groups excluding carboxylic acids is 1. The van der Waals surface area contributed by atoms with Crippen molar-refractivity contribution in [2.75, 3.05) is 38.5 Å². The highest BCUT2D eigenvalue weighted by molar-refractivity contribution is 7.89. The second-order valence-corrected chi connectivity index (χ2v) is 7.00. The summed E-state index contributed by atoms with van der Waals surface area (Å²) in [5.74, 6) is 0.0813. The van der Waals surface area contributed by atoms with E-state index in [-0.39, 0.29) is 18.1 Å². The minimum Gasteiger partial charge on any atom is -0.356 e. The highest BCUT2D eigenvalue weighted by Crippen LogP contribution is 2.04. The van der Waals surface area contributed by atoms with Crippen LogP contribution < -0.4 is 10.6 Å². The summed E-state index contributed by atoms with van der Waals surface area (Å²) in [5.41, 5.74) is 0. The molecule has 0 unspecified atom stereocenters. The van der Waals surface area contributed by atoms with Crippen molar-refractivity contribution < 1.29 is 13.2 Å². The van der Waals surface area contributed by atoms with Crippen LogP contribution >= 0.6 is 0 Å². The van der Waals surface area contributed by atoms with Crippen molar-refractivity contribution in [3.8, 4) is 0 Å². The SMILES string of the molecule is CC(C)CNC(=O)CCS(=O)(=O)N1CCNCC1. The summed E-state index contributed by atoms with van der Waals surface area (Å²) in [5, 5.41) is 5.82. The van der Waals surface area contributed by atoms with Crippen LogP contribution in [0.2, 0.25) is 0 Å². The first kappa shape index (κ1) is 15.4. The maximum absolute atomic E-state index is 11.9. The van der Waals surface area contributed by atoms with E-state index in [1.165, 1.54) is 4.31 Å². The van der Waals surface area contributed by atoms with Gasteiger partial charge in [0.25, 0.3) is 0 Å². The van der Waals surface area contributed by atoms with Gasteiger partial charge in [-0.2, -0.15) is 4.31 Å². The van der Waals surface area contributed by atoms with Gasteiger partial charge in [0, 0.05) is 39.1 Å². The molecule has 0 aromatic carbocycles. The Hall–Kier alpha value is -0.660. The Kier molecular flexibility index (Phi) is 6.04. The fraction of sp³-hybridized carbons (Fsp3) is 0.909. The molecule has 0 spiro atoms. The first-order valence-electron chi connectivity index (χ1n) is 6.37. The Morgan fingerprint density at radius 2 is 1.94 bits per heavy atom. The predicted octanol–water partition coefficient (Wildman–Crippen LogP) is -0.616. The van der Waals surface area contributed by atoms with Crippen molar-refractivity contribution in [2.45, 2.75) is 20.3 Å². The van der Waals surface area contributed by atoms with Gasteiger partial charge in [-0.1, -0.05) is 13.8 Å². The largest absolute Gasteiger partial charge is 0.356 e. The summed E-state index contributed by atoms with van der Waals surface area (Å²) in [6.45, 7) is 6.94. The van der Waals surface area contributed by atoms with Gasteiger partial charge >= 0.3 is 0 Å². The second-order valence-electron chi connectivity index (χ2n) is 4.91. The first-order chi connectivity index (χ1) is 8.42. The number of sulfonamides is 1. The molecule has 0 radical (unpaired) electrons. The molecule has 1 aliphatic rings. The van der Waals surface area contributed by atoms with E-state index in [9.17, 15) is 13.2 Å². The van der Waals surface area contributed by atoms with Crippen LogP contribution in [0.5, 0.6) is 0 Å². The summed E-state index contributed by atoms with van der Waals surface area (Å²) in [6.07, 6.45) is 0.0407. The van der Waals surface area contributed by atoms with E-state index < -0.39 is 10.0 Å². The predicted molar refractivity (Wildman–Crippen MR) is 70.7 cm³/mol. The summed E-state index contributed by atoms with van der Waals surface area (Å²) in [7, 11) is -3.28. The van der Waals surface area contributed by atoms with Gasteiger partial charge in [0.1, 0.15) is 0 Å². The van der Waals surface area contributed by atoms with Crippen LogP contribution in [0.15, 0.2) is 0 Å². The highest BCUT2D eigenvalue weighted by atomic mass is 32.2. The van der Waals surface area contributed by atoms with Gasteiger partial charge in [0.15, 0.2) is 0 Å². The maximum Gasteiger partial charge on any atom is 0.221 e. The van der Waals surface area contributed by atoms with Crippen LogP contribution in [-0.4, -0.2) is 57.1 Å². The number of rotatable bonds is 6. The molecule has 106 valence electrons. The van der Waals surface area contributed by atoms with Crippen LogP contribution in [0.4, 0.5) is 0 Å². The number of hydrogen-bond acceptors (Lipinski definition) is 4. The summed E-state index contributed by atoms with van der Waals surface area (Å²) in [4.78, 5) is 11.5. The molecule has 0 atom stereocenters. The van der Waals surface area contributed by atoms with Crippen LogP contribution in [-0.2, 0) is 14.8 Å². The molecule has 1 aliphatic heterocycles. The van der Waals surface area contributed by atoms with E-state index in [1.807, 2.05) is 13.8 Å². The number of hydrogen-bond donors (Lipinski definition) is 2. The van der Waals surface area contributed by atoms with Crippen molar-refractivity contribution in [3.05, 3.63) is 0 Å². The molecule has 6 nitrogen and oxygen atoms in total. The van der Waals surface area contributed by atoms with Crippen LogP contribution in [0.1, 0.15) is 20.3 Å². The molecule has 0 bridgehead atoms. The van der Waals surface area contributed by atoms with Crippen LogP contribution in [0, 0.1) is 5.92 Å². The standard InChI is InChI=1S/C11H23N3O3S/c1-10(2)9-13-11(15)3-8-18(16,17)14-6-4-12-5-7-14/h10,12H,3-9H2,1-2H3,(H,13,15). The van der Waals surface area contributed by atoms with Crippen LogP contribution in [0.3, 0.4) is 0 Å². The molecule has 7 heteroatoms. The van der Waals surface area contributed by atoms with Gasteiger partial charge in [-0.05, 0) is 5.92 Å². The molecule has 1 rings (SSSR count). The Balaban J connectivity index is 2.34. The quantitative estimate of drug-likeness (QED) is 0.678. The molecule has 0 aromatic rings. The molecule has 1 heterocycles. The maximum atomic E-state index is 11.9. The van der Waals surface area contributed by atoms with E-state index in [2.05, 4.69) is 10.6 Å². The average Bonchev–Trinajstić information content (AvgIpc) is 2.35. The van der Waals surface area contributed by atoms with Crippen LogP contribution in [0.25, 0.3) is 0 Å². The number of nitrogens with zero attached hydrogens (tertiary/aromatic N) is 1. The van der Waals surface area contributed by atoms with Crippen molar-refractivity contribution in [3.63, 3.8) is 0 Å². The molecule has 2 N–H and O–H groups in total. The second kappa shape index (κ2) is 7.06. The smallest absolute Gasteiger partial charge is 0.221 e. The molecule has 1 amide bonds. The zero-order chi connectivity index (χ0) is 13.6. The Morgan fingerprint density at radius 3 is 2.50 bits per heavy atom. The summed E-state index contributed by atoms with van der Waals surface area (Å²) >= 11 is 0. The summed E-state index contributed by atoms with van der Waals surface area (Å²) in [6, 6.07) is 0. The van der Waals surface area contributed by atoms with Gasteiger partial charge in [0.05, 0.1) is 5.75 Å². The average molecular weight is 277 g/mol. The van der Waals surface area contributed by atoms with E-state index >= 15 is 0 Å². The van der Waals surface area contributed by atoms with Gasteiger partial charge in [-0.25, -0.2) is 8.42 Å². The Morgan fingerprint density at radius 1 is 1.33 bits per heavy atom. The van der Waals surface area contributed by atoms with Gasteiger partial charge < -0.3 is 10.6 Å². The molecule has 18 heavy (non-hydrogen) atoms. The molecular weight excluding hydrogens is 254 g/mol. The van der Waals surface area contributed by atoms with Gasteiger partial charge in [0.2, 0.25) is 15.9 Å². The van der Waals surface area contributed by atoms with E-state index in [1.54, 1.807) is 0 Å². The van der Waals surface area contributed by atoms with Gasteiger partial charge in [-0.15, -0.1) is 0 Å². The van der Waals surface area contributed by atoms with Crippen molar-refractivity contribution in [2.24, 2.45) is 5.92 Å². The lowest BCUT2D eigenvalue weighted by Gasteiger charge is -2.26. The molecular formula is C11H23N3O3S. The number of carbonyl (C=O) groups is 1. The summed E-state index contributed by atoms with van der Waals surface area (Å²) < 4.78 is 25.4. The Bertz CT molecular complexity index is 362. The third-order valence-electron chi connectivity index (χ3n) is 2.76. The van der Waals surface area contributed by atoms with Crippen molar-refractivity contribution in [1.82, 2.24) is 14.9 Å². The fourth-order valence-corrected chi connectivity index (χ4v) is 3.12.